The van der Waals surface area contributed by atoms with Gasteiger partial charge in [0, 0.05) is 13.0 Å². The molecule has 0 spiro atoms. The second-order valence-electron chi connectivity index (χ2n) is 8.62. The number of carbonyl (C=O) groups excluding carboxylic acids is 4. The van der Waals surface area contributed by atoms with E-state index in [4.69, 9.17) is 11.5 Å². The number of carbonyl (C=O) groups is 5. The molecule has 192 valence electrons. The van der Waals surface area contributed by atoms with Crippen molar-refractivity contribution in [2.45, 2.75) is 69.3 Å². The molecule has 1 aromatic carbocycles. The number of hydrogen-bond acceptors (Lipinski definition) is 7. The zero-order valence-electron chi connectivity index (χ0n) is 19.6. The zero-order valence-corrected chi connectivity index (χ0v) is 19.6. The van der Waals surface area contributed by atoms with Crippen LogP contribution in [-0.4, -0.2) is 81.5 Å². The smallest absolute Gasteiger partial charge is 0.328 e. The highest BCUT2D eigenvalue weighted by molar-refractivity contribution is 5.95. The molecule has 12 heteroatoms. The Balaban J connectivity index is 2.13. The fraction of sp³-hybridized carbons (Fsp3) is 0.522. The third kappa shape index (κ3) is 8.04. The van der Waals surface area contributed by atoms with Gasteiger partial charge in [-0.3, -0.25) is 19.2 Å². The Labute approximate surface area is 203 Å². The van der Waals surface area contributed by atoms with Gasteiger partial charge < -0.3 is 37.2 Å². The number of nitrogens with two attached hydrogens (primary N) is 2. The van der Waals surface area contributed by atoms with E-state index in [-0.39, 0.29) is 32.2 Å². The first-order valence-electron chi connectivity index (χ1n) is 11.4. The van der Waals surface area contributed by atoms with Crippen molar-refractivity contribution in [1.82, 2.24) is 15.5 Å². The highest BCUT2D eigenvalue weighted by Gasteiger charge is 2.39. The molecule has 4 amide bonds. The van der Waals surface area contributed by atoms with Gasteiger partial charge in [0.05, 0.1) is 12.1 Å². The maximum atomic E-state index is 13.3. The highest BCUT2D eigenvalue weighted by atomic mass is 16.4. The summed E-state index contributed by atoms with van der Waals surface area (Å²) in [5.41, 5.74) is 12.1. The van der Waals surface area contributed by atoms with E-state index in [2.05, 4.69) is 10.6 Å². The van der Waals surface area contributed by atoms with E-state index in [1.54, 1.807) is 0 Å². The molecule has 1 aliphatic rings. The van der Waals surface area contributed by atoms with Crippen molar-refractivity contribution in [3.05, 3.63) is 35.9 Å². The van der Waals surface area contributed by atoms with Gasteiger partial charge in [0.2, 0.25) is 23.6 Å². The lowest BCUT2D eigenvalue weighted by Gasteiger charge is -2.30. The predicted octanol–water partition coefficient (Wildman–Crippen LogP) is -1.75. The summed E-state index contributed by atoms with van der Waals surface area (Å²) in [4.78, 5) is 62.7. The Morgan fingerprint density at radius 3 is 2.37 bits per heavy atom. The summed E-state index contributed by atoms with van der Waals surface area (Å²) in [7, 11) is 0. The molecular weight excluding hydrogens is 458 g/mol. The molecule has 2 rings (SSSR count). The number of aliphatic hydroxyl groups is 1. The van der Waals surface area contributed by atoms with Crippen LogP contribution in [0.15, 0.2) is 30.3 Å². The Morgan fingerprint density at radius 1 is 1.14 bits per heavy atom. The van der Waals surface area contributed by atoms with Crippen molar-refractivity contribution >= 4 is 29.6 Å². The molecule has 1 aliphatic heterocycles. The van der Waals surface area contributed by atoms with E-state index in [9.17, 15) is 34.2 Å². The summed E-state index contributed by atoms with van der Waals surface area (Å²) in [5.74, 6) is -4.01. The maximum absolute atomic E-state index is 13.3. The fourth-order valence-corrected chi connectivity index (χ4v) is 3.92. The second kappa shape index (κ2) is 12.8. The molecular formula is C23H33N5O7. The number of rotatable bonds is 12. The van der Waals surface area contributed by atoms with Crippen LogP contribution in [-0.2, 0) is 30.4 Å². The minimum absolute atomic E-state index is 0.0891. The van der Waals surface area contributed by atoms with E-state index in [0.717, 1.165) is 5.56 Å². The second-order valence-corrected chi connectivity index (χ2v) is 8.62. The summed E-state index contributed by atoms with van der Waals surface area (Å²) < 4.78 is 0. The van der Waals surface area contributed by atoms with Gasteiger partial charge in [0.1, 0.15) is 12.1 Å². The van der Waals surface area contributed by atoms with E-state index >= 15 is 0 Å². The Kier molecular flexibility index (Phi) is 10.2. The number of primary amides is 1. The molecule has 1 aromatic rings. The standard InChI is InChI=1S/C23H33N5O7/c1-13(29)19(23(34)35)27-21(32)17-8-5-11-28(17)22(33)16(9-10-18(25)30)26-20(31)15(24)12-14-6-3-2-4-7-14/h2-4,6-7,13,15-17,19,29H,5,8-12,24H2,1H3,(H2,25,30)(H,26,31)(H,27,32)(H,34,35). The molecule has 0 aliphatic carbocycles. The number of nitrogens with one attached hydrogen (secondary N) is 2. The van der Waals surface area contributed by atoms with Gasteiger partial charge in [-0.25, -0.2) is 4.79 Å². The van der Waals surface area contributed by atoms with Crippen LogP contribution >= 0.6 is 0 Å². The van der Waals surface area contributed by atoms with Crippen LogP contribution in [0.3, 0.4) is 0 Å². The zero-order chi connectivity index (χ0) is 26.1. The third-order valence-corrected chi connectivity index (χ3v) is 5.81. The fourth-order valence-electron chi connectivity index (χ4n) is 3.92. The Morgan fingerprint density at radius 2 is 1.80 bits per heavy atom. The normalized spacial score (nSPS) is 18.7. The van der Waals surface area contributed by atoms with E-state index in [1.165, 1.54) is 11.8 Å². The number of nitrogens with zero attached hydrogens (tertiary/aromatic N) is 1. The Bertz CT molecular complexity index is 924. The minimum Gasteiger partial charge on any atom is -0.480 e. The Hall–Kier alpha value is -3.51. The van der Waals surface area contributed by atoms with Gasteiger partial charge in [-0.1, -0.05) is 30.3 Å². The summed E-state index contributed by atoms with van der Waals surface area (Å²) in [6.07, 6.45) is -0.648. The number of carboxylic acids is 1. The van der Waals surface area contributed by atoms with Gasteiger partial charge in [-0.15, -0.1) is 0 Å². The number of carboxylic acid groups (broad SMARTS) is 1. The van der Waals surface area contributed by atoms with Crippen LogP contribution in [0.25, 0.3) is 0 Å². The van der Waals surface area contributed by atoms with E-state index < -0.39 is 59.9 Å². The lowest BCUT2D eigenvalue weighted by atomic mass is 10.0. The third-order valence-electron chi connectivity index (χ3n) is 5.81. The predicted molar refractivity (Wildman–Crippen MR) is 124 cm³/mol. The summed E-state index contributed by atoms with van der Waals surface area (Å²) in [6, 6.07) is 4.43. The molecule has 1 saturated heterocycles. The molecule has 1 fully saturated rings. The van der Waals surface area contributed by atoms with Gasteiger partial charge in [0.15, 0.2) is 6.04 Å². The molecule has 5 unspecified atom stereocenters. The average Bonchev–Trinajstić information content (AvgIpc) is 3.29. The molecule has 0 saturated carbocycles. The summed E-state index contributed by atoms with van der Waals surface area (Å²) in [5, 5.41) is 23.7. The van der Waals surface area contributed by atoms with Crippen molar-refractivity contribution in [2.24, 2.45) is 11.5 Å². The van der Waals surface area contributed by atoms with Crippen molar-refractivity contribution in [3.8, 4) is 0 Å². The molecule has 35 heavy (non-hydrogen) atoms. The van der Waals surface area contributed by atoms with Crippen LogP contribution in [0.5, 0.6) is 0 Å². The van der Waals surface area contributed by atoms with Gasteiger partial charge in [-0.2, -0.15) is 0 Å². The number of aliphatic hydroxyl groups excluding tert-OH is 1. The van der Waals surface area contributed by atoms with Crippen molar-refractivity contribution < 1.29 is 34.2 Å². The van der Waals surface area contributed by atoms with Gasteiger partial charge in [-0.05, 0) is 38.2 Å². The van der Waals surface area contributed by atoms with Crippen molar-refractivity contribution in [1.29, 1.82) is 0 Å². The molecule has 5 atom stereocenters. The van der Waals surface area contributed by atoms with Crippen LogP contribution in [0.4, 0.5) is 0 Å². The molecule has 0 radical (unpaired) electrons. The van der Waals surface area contributed by atoms with Crippen LogP contribution in [0.2, 0.25) is 0 Å². The van der Waals surface area contributed by atoms with Crippen LogP contribution in [0.1, 0.15) is 38.2 Å². The molecule has 0 bridgehead atoms. The number of hydrogen-bond donors (Lipinski definition) is 6. The monoisotopic (exact) mass is 491 g/mol. The maximum Gasteiger partial charge on any atom is 0.328 e. The molecule has 0 aromatic heterocycles. The quantitative estimate of drug-likeness (QED) is 0.197. The average molecular weight is 492 g/mol. The molecule has 1 heterocycles. The van der Waals surface area contributed by atoms with E-state index in [0.29, 0.717) is 6.42 Å². The number of benzene rings is 1. The molecule has 8 N–H and O–H groups in total. The lowest BCUT2D eigenvalue weighted by Crippen LogP contribution is -2.58. The lowest BCUT2D eigenvalue weighted by molar-refractivity contribution is -0.147. The van der Waals surface area contributed by atoms with Gasteiger partial charge >= 0.3 is 5.97 Å². The topological polar surface area (TPSA) is 205 Å². The van der Waals surface area contributed by atoms with Crippen LogP contribution < -0.4 is 22.1 Å². The summed E-state index contributed by atoms with van der Waals surface area (Å²) >= 11 is 0. The first-order valence-corrected chi connectivity index (χ1v) is 11.4. The molecule has 12 nitrogen and oxygen atoms in total. The highest BCUT2D eigenvalue weighted by Crippen LogP contribution is 2.20. The van der Waals surface area contributed by atoms with E-state index in [1.807, 2.05) is 30.3 Å². The minimum atomic E-state index is -1.54. The number of amides is 4. The summed E-state index contributed by atoms with van der Waals surface area (Å²) in [6.45, 7) is 1.42. The first-order chi connectivity index (χ1) is 16.5. The van der Waals surface area contributed by atoms with Gasteiger partial charge in [0.25, 0.3) is 0 Å². The van der Waals surface area contributed by atoms with Crippen molar-refractivity contribution in [3.63, 3.8) is 0 Å². The number of likely N-dealkylation sites (tertiary alicyclic amines) is 1. The SMILES string of the molecule is CC(O)C(NC(=O)C1CCCN1C(=O)C(CCC(N)=O)NC(=O)C(N)Cc1ccccc1)C(=O)O. The van der Waals surface area contributed by atoms with Crippen LogP contribution in [0, 0.1) is 0 Å². The first kappa shape index (κ1) is 27.7. The largest absolute Gasteiger partial charge is 0.480 e. The number of aliphatic carboxylic acids is 1. The van der Waals surface area contributed by atoms with Crippen molar-refractivity contribution in [2.75, 3.05) is 6.54 Å².